The van der Waals surface area contributed by atoms with E-state index in [1.807, 2.05) is 18.2 Å². The summed E-state index contributed by atoms with van der Waals surface area (Å²) in [6, 6.07) is 5.19. The number of barbiturate groups is 1. The molecule has 1 atom stereocenters. The van der Waals surface area contributed by atoms with Gasteiger partial charge in [-0.25, -0.2) is 4.79 Å². The van der Waals surface area contributed by atoms with Crippen LogP contribution in [0.5, 0.6) is 0 Å². The van der Waals surface area contributed by atoms with Crippen molar-refractivity contribution in [3.05, 3.63) is 34.9 Å². The number of urea groups is 1. The van der Waals surface area contributed by atoms with Crippen LogP contribution in [0.15, 0.2) is 23.8 Å². The van der Waals surface area contributed by atoms with Crippen molar-refractivity contribution in [2.45, 2.75) is 45.6 Å². The van der Waals surface area contributed by atoms with Gasteiger partial charge < -0.3 is 4.90 Å². The lowest BCUT2D eigenvalue weighted by molar-refractivity contribution is -0.123. The number of imide groups is 2. The summed E-state index contributed by atoms with van der Waals surface area (Å²) in [4.78, 5) is 37.3. The van der Waals surface area contributed by atoms with Crippen molar-refractivity contribution in [1.29, 1.82) is 0 Å². The van der Waals surface area contributed by atoms with Crippen molar-refractivity contribution in [2.75, 3.05) is 11.4 Å². The Hall–Kier alpha value is -2.63. The molecule has 1 fully saturated rings. The molecule has 1 saturated heterocycles. The van der Waals surface area contributed by atoms with E-state index in [-0.39, 0.29) is 11.1 Å². The van der Waals surface area contributed by atoms with E-state index in [0.717, 1.165) is 18.5 Å². The second kappa shape index (κ2) is 6.02. The van der Waals surface area contributed by atoms with E-state index in [2.05, 4.69) is 43.2 Å². The molecule has 4 amide bonds. The molecule has 0 aromatic heterocycles. The fourth-order valence-electron chi connectivity index (χ4n) is 3.97. The van der Waals surface area contributed by atoms with Crippen LogP contribution >= 0.6 is 0 Å². The van der Waals surface area contributed by atoms with Crippen molar-refractivity contribution >= 4 is 29.6 Å². The normalized spacial score (nSPS) is 22.2. The number of nitrogens with one attached hydrogen (secondary N) is 2. The number of nitrogens with zero attached hydrogens (tertiary/aromatic N) is 1. The first-order valence-electron chi connectivity index (χ1n) is 8.53. The van der Waals surface area contributed by atoms with Gasteiger partial charge in [0, 0.05) is 17.8 Å². The molecule has 0 aliphatic carbocycles. The van der Waals surface area contributed by atoms with Gasteiger partial charge in [0.15, 0.2) is 0 Å². The largest absolute Gasteiger partial charge is 0.366 e. The third kappa shape index (κ3) is 3.04. The average Bonchev–Trinajstić information content (AvgIpc) is 2.50. The minimum Gasteiger partial charge on any atom is -0.366 e. The Balaban J connectivity index is 2.01. The quantitative estimate of drug-likeness (QED) is 0.640. The molecule has 0 radical (unpaired) electrons. The number of carbonyl (C=O) groups excluding carboxylic acids is 3. The van der Waals surface area contributed by atoms with E-state index in [0.29, 0.717) is 5.92 Å². The number of hydrogen-bond donors (Lipinski definition) is 2. The van der Waals surface area contributed by atoms with Gasteiger partial charge in [-0.1, -0.05) is 13.0 Å². The van der Waals surface area contributed by atoms with Crippen LogP contribution in [0.1, 0.15) is 51.2 Å². The highest BCUT2D eigenvalue weighted by atomic mass is 16.2. The Kier molecular flexibility index (Phi) is 4.14. The third-order valence-corrected chi connectivity index (χ3v) is 4.98. The summed E-state index contributed by atoms with van der Waals surface area (Å²) < 4.78 is 0. The highest BCUT2D eigenvalue weighted by Gasteiger charge is 2.35. The summed E-state index contributed by atoms with van der Waals surface area (Å²) in [6.45, 7) is 9.76. The van der Waals surface area contributed by atoms with Crippen LogP contribution in [0.4, 0.5) is 10.5 Å². The summed E-state index contributed by atoms with van der Waals surface area (Å²) in [6.07, 6.45) is 2.56. The minimum atomic E-state index is -0.785. The van der Waals surface area contributed by atoms with Gasteiger partial charge in [0.25, 0.3) is 11.8 Å². The van der Waals surface area contributed by atoms with Crippen molar-refractivity contribution in [3.8, 4) is 0 Å². The molecular formula is C19H23N3O3. The molecule has 2 heterocycles. The molecule has 2 N–H and O–H groups in total. The topological polar surface area (TPSA) is 78.5 Å². The standard InChI is InChI=1S/C19H23N3O3/c1-5-22-15-7-6-12(8-13(15)11(2)10-19(22,3)4)9-14-16(23)20-18(25)21-17(14)24/h6-9,11H,5,10H2,1-4H3,(H2,20,21,23,24,25)/t11-/m1/s1. The smallest absolute Gasteiger partial charge is 0.328 e. The molecule has 3 rings (SSSR count). The molecule has 0 bridgehead atoms. The molecule has 0 unspecified atom stereocenters. The van der Waals surface area contributed by atoms with Crippen LogP contribution in [0, 0.1) is 0 Å². The number of hydrogen-bond acceptors (Lipinski definition) is 4. The van der Waals surface area contributed by atoms with Gasteiger partial charge in [-0.3, -0.25) is 20.2 Å². The zero-order chi connectivity index (χ0) is 18.4. The van der Waals surface area contributed by atoms with Crippen molar-refractivity contribution in [1.82, 2.24) is 10.6 Å². The molecule has 0 saturated carbocycles. The van der Waals surface area contributed by atoms with Gasteiger partial charge >= 0.3 is 6.03 Å². The summed E-state index contributed by atoms with van der Waals surface area (Å²) in [5.41, 5.74) is 3.21. The number of benzene rings is 1. The van der Waals surface area contributed by atoms with Crippen molar-refractivity contribution in [3.63, 3.8) is 0 Å². The van der Waals surface area contributed by atoms with E-state index in [1.54, 1.807) is 0 Å². The zero-order valence-electron chi connectivity index (χ0n) is 15.0. The predicted molar refractivity (Wildman–Crippen MR) is 96.2 cm³/mol. The fourth-order valence-corrected chi connectivity index (χ4v) is 3.97. The van der Waals surface area contributed by atoms with Crippen LogP contribution in [-0.4, -0.2) is 29.9 Å². The fraction of sp³-hybridized carbons (Fsp3) is 0.421. The molecule has 0 spiro atoms. The lowest BCUT2D eigenvalue weighted by Crippen LogP contribution is -2.51. The Labute approximate surface area is 147 Å². The van der Waals surface area contributed by atoms with Gasteiger partial charge in [0.1, 0.15) is 5.57 Å². The Morgan fingerprint density at radius 3 is 2.44 bits per heavy atom. The summed E-state index contributed by atoms with van der Waals surface area (Å²) in [7, 11) is 0. The predicted octanol–water partition coefficient (Wildman–Crippen LogP) is 2.55. The SMILES string of the molecule is CCN1c2ccc(C=C3C(=O)NC(=O)NC3=O)cc2[C@H](C)CC1(C)C. The number of fused-ring (bicyclic) bond motifs is 1. The van der Waals surface area contributed by atoms with Crippen LogP contribution in [0.3, 0.4) is 0 Å². The Morgan fingerprint density at radius 2 is 1.84 bits per heavy atom. The molecular weight excluding hydrogens is 318 g/mol. The zero-order valence-corrected chi connectivity index (χ0v) is 15.0. The van der Waals surface area contributed by atoms with Gasteiger partial charge in [0.2, 0.25) is 0 Å². The lowest BCUT2D eigenvalue weighted by atomic mass is 9.79. The first-order chi connectivity index (χ1) is 11.7. The van der Waals surface area contributed by atoms with E-state index in [9.17, 15) is 14.4 Å². The summed E-state index contributed by atoms with van der Waals surface area (Å²) in [5.74, 6) is -0.964. The lowest BCUT2D eigenvalue weighted by Gasteiger charge is -2.47. The maximum Gasteiger partial charge on any atom is 0.328 e. The van der Waals surface area contributed by atoms with E-state index < -0.39 is 17.8 Å². The maximum absolute atomic E-state index is 11.9. The molecule has 25 heavy (non-hydrogen) atoms. The summed E-state index contributed by atoms with van der Waals surface area (Å²) >= 11 is 0. The van der Waals surface area contributed by atoms with Crippen LogP contribution in [0.25, 0.3) is 6.08 Å². The molecule has 2 aliphatic heterocycles. The second-order valence-corrected chi connectivity index (χ2v) is 7.28. The van der Waals surface area contributed by atoms with E-state index in [4.69, 9.17) is 0 Å². The maximum atomic E-state index is 11.9. The Morgan fingerprint density at radius 1 is 1.20 bits per heavy atom. The molecule has 6 nitrogen and oxygen atoms in total. The highest BCUT2D eigenvalue weighted by Crippen LogP contribution is 2.43. The van der Waals surface area contributed by atoms with Crippen molar-refractivity contribution in [2.24, 2.45) is 0 Å². The number of carbonyl (C=O) groups is 3. The first kappa shape index (κ1) is 17.2. The van der Waals surface area contributed by atoms with Crippen LogP contribution in [-0.2, 0) is 9.59 Å². The van der Waals surface area contributed by atoms with Gasteiger partial charge in [-0.15, -0.1) is 0 Å². The van der Waals surface area contributed by atoms with Crippen LogP contribution in [0.2, 0.25) is 0 Å². The number of rotatable bonds is 2. The minimum absolute atomic E-state index is 0.0595. The molecule has 6 heteroatoms. The average molecular weight is 341 g/mol. The third-order valence-electron chi connectivity index (χ3n) is 4.98. The van der Waals surface area contributed by atoms with E-state index in [1.165, 1.54) is 17.3 Å². The first-order valence-corrected chi connectivity index (χ1v) is 8.53. The van der Waals surface area contributed by atoms with Crippen molar-refractivity contribution < 1.29 is 14.4 Å². The molecule has 132 valence electrons. The van der Waals surface area contributed by atoms with E-state index >= 15 is 0 Å². The molecule has 2 aliphatic rings. The number of anilines is 1. The Bertz CT molecular complexity index is 773. The highest BCUT2D eigenvalue weighted by molar-refractivity contribution is 6.31. The summed E-state index contributed by atoms with van der Waals surface area (Å²) in [5, 5.41) is 4.18. The molecule has 1 aromatic carbocycles. The van der Waals surface area contributed by atoms with Gasteiger partial charge in [-0.2, -0.15) is 0 Å². The van der Waals surface area contributed by atoms with Gasteiger partial charge in [0.05, 0.1) is 0 Å². The van der Waals surface area contributed by atoms with Crippen LogP contribution < -0.4 is 15.5 Å². The molecule has 1 aromatic rings. The second-order valence-electron chi connectivity index (χ2n) is 7.28. The van der Waals surface area contributed by atoms with Gasteiger partial charge in [-0.05, 0) is 62.4 Å². The monoisotopic (exact) mass is 341 g/mol. The number of amides is 4.